The summed E-state index contributed by atoms with van der Waals surface area (Å²) in [5.74, 6) is 1.53. The maximum absolute atomic E-state index is 11.7. The zero-order valence-corrected chi connectivity index (χ0v) is 18.3. The van der Waals surface area contributed by atoms with Gasteiger partial charge in [0.2, 0.25) is 10.0 Å². The zero-order valence-electron chi connectivity index (χ0n) is 17.5. The molecule has 1 N–H and O–H groups in total. The van der Waals surface area contributed by atoms with Crippen LogP contribution in [0.25, 0.3) is 11.0 Å². The van der Waals surface area contributed by atoms with E-state index in [0.717, 1.165) is 50.3 Å². The van der Waals surface area contributed by atoms with Crippen LogP contribution < -0.4 is 4.72 Å². The summed E-state index contributed by atoms with van der Waals surface area (Å²) in [6.45, 7) is 5.20. The van der Waals surface area contributed by atoms with Gasteiger partial charge in [-0.3, -0.25) is 0 Å². The Morgan fingerprint density at radius 1 is 1.07 bits per heavy atom. The third-order valence-electron chi connectivity index (χ3n) is 6.96. The summed E-state index contributed by atoms with van der Waals surface area (Å²) in [6.07, 6.45) is 9.88. The normalized spacial score (nSPS) is 24.9. The largest absolute Gasteiger partial charge is 0.464 e. The molecule has 29 heavy (non-hydrogen) atoms. The van der Waals surface area contributed by atoms with Crippen LogP contribution in [-0.4, -0.2) is 44.7 Å². The van der Waals surface area contributed by atoms with Gasteiger partial charge >= 0.3 is 0 Å². The molecule has 0 spiro atoms. The number of rotatable bonds is 7. The highest BCUT2D eigenvalue weighted by molar-refractivity contribution is 7.89. The van der Waals surface area contributed by atoms with Gasteiger partial charge in [0.05, 0.1) is 12.0 Å². The first-order chi connectivity index (χ1) is 14.0. The average Bonchev–Trinajstić information content (AvgIpc) is 3.18. The average molecular weight is 419 g/mol. The minimum absolute atomic E-state index is 0.150. The molecule has 1 saturated heterocycles. The lowest BCUT2D eigenvalue weighted by Crippen LogP contribution is -2.39. The number of furan rings is 1. The number of nitrogens with one attached hydrogen (secondary N) is 1. The molecule has 0 amide bonds. The van der Waals surface area contributed by atoms with Gasteiger partial charge in [0.25, 0.3) is 0 Å². The molecule has 1 aromatic carbocycles. The van der Waals surface area contributed by atoms with Crippen molar-refractivity contribution < 1.29 is 12.8 Å². The highest BCUT2D eigenvalue weighted by Gasteiger charge is 2.26. The highest BCUT2D eigenvalue weighted by atomic mass is 32.2. The summed E-state index contributed by atoms with van der Waals surface area (Å²) in [5.41, 5.74) is 2.38. The molecule has 5 nitrogen and oxygen atoms in total. The lowest BCUT2D eigenvalue weighted by molar-refractivity contribution is 0.185. The van der Waals surface area contributed by atoms with Gasteiger partial charge < -0.3 is 9.32 Å². The molecule has 0 unspecified atom stereocenters. The first-order valence-corrected chi connectivity index (χ1v) is 12.9. The van der Waals surface area contributed by atoms with Crippen LogP contribution in [0.4, 0.5) is 0 Å². The number of fused-ring (bicyclic) bond motifs is 1. The first kappa shape index (κ1) is 20.9. The summed E-state index contributed by atoms with van der Waals surface area (Å²) in [5, 5.41) is 1.28. The molecule has 0 radical (unpaired) electrons. The van der Waals surface area contributed by atoms with Crippen LogP contribution in [-0.2, 0) is 10.0 Å². The Morgan fingerprint density at radius 2 is 1.79 bits per heavy atom. The number of benzene rings is 1. The number of piperidine rings is 1. The highest BCUT2D eigenvalue weighted by Crippen LogP contribution is 2.35. The molecule has 2 fully saturated rings. The van der Waals surface area contributed by atoms with Crippen molar-refractivity contribution in [2.45, 2.75) is 63.8 Å². The quantitative estimate of drug-likeness (QED) is 0.719. The molecular formula is C23H34N2O3S. The van der Waals surface area contributed by atoms with Gasteiger partial charge in [0.15, 0.2) is 0 Å². The molecule has 1 aliphatic heterocycles. The second-order valence-electron chi connectivity index (χ2n) is 8.83. The summed E-state index contributed by atoms with van der Waals surface area (Å²) in [6, 6.07) is 8.51. The molecule has 1 saturated carbocycles. The molecule has 2 aromatic rings. The van der Waals surface area contributed by atoms with Crippen molar-refractivity contribution in [3.8, 4) is 0 Å². The maximum Gasteiger partial charge on any atom is 0.211 e. The Morgan fingerprint density at radius 3 is 2.52 bits per heavy atom. The fraction of sp³-hybridized carbons (Fsp3) is 0.652. The summed E-state index contributed by atoms with van der Waals surface area (Å²) in [7, 11) is -3.07. The Labute approximate surface area is 174 Å². The smallest absolute Gasteiger partial charge is 0.211 e. The van der Waals surface area contributed by atoms with E-state index in [1.807, 2.05) is 12.3 Å². The zero-order chi connectivity index (χ0) is 20.3. The number of hydrogen-bond donors (Lipinski definition) is 1. The number of nitrogens with zero attached hydrogens (tertiary/aromatic N) is 1. The van der Waals surface area contributed by atoms with E-state index in [-0.39, 0.29) is 11.8 Å². The lowest BCUT2D eigenvalue weighted by Gasteiger charge is -2.34. The molecule has 160 valence electrons. The van der Waals surface area contributed by atoms with Crippen LogP contribution >= 0.6 is 0 Å². The van der Waals surface area contributed by atoms with Gasteiger partial charge in [-0.05, 0) is 89.4 Å². The summed E-state index contributed by atoms with van der Waals surface area (Å²) in [4.78, 5) is 2.62. The van der Waals surface area contributed by atoms with E-state index in [4.69, 9.17) is 4.42 Å². The fourth-order valence-electron chi connectivity index (χ4n) is 5.05. The predicted octanol–water partition coefficient (Wildman–Crippen LogP) is 4.50. The van der Waals surface area contributed by atoms with Crippen molar-refractivity contribution in [1.29, 1.82) is 0 Å². The van der Waals surface area contributed by atoms with Crippen molar-refractivity contribution in [3.63, 3.8) is 0 Å². The number of hydrogen-bond acceptors (Lipinski definition) is 4. The second kappa shape index (κ2) is 9.19. The van der Waals surface area contributed by atoms with Crippen LogP contribution in [0.2, 0.25) is 0 Å². The van der Waals surface area contributed by atoms with Gasteiger partial charge in [-0.1, -0.05) is 18.2 Å². The monoisotopic (exact) mass is 418 g/mol. The van der Waals surface area contributed by atoms with Gasteiger partial charge in [0.1, 0.15) is 5.58 Å². The maximum atomic E-state index is 11.7. The fourth-order valence-corrected chi connectivity index (χ4v) is 5.96. The van der Waals surface area contributed by atoms with Crippen molar-refractivity contribution in [2.75, 3.05) is 25.4 Å². The van der Waals surface area contributed by atoms with Crippen molar-refractivity contribution in [2.24, 2.45) is 5.92 Å². The van der Waals surface area contributed by atoms with E-state index < -0.39 is 10.0 Å². The van der Waals surface area contributed by atoms with Crippen molar-refractivity contribution >= 4 is 21.0 Å². The Hall–Kier alpha value is -1.37. The topological polar surface area (TPSA) is 62.6 Å². The number of sulfonamides is 1. The Bertz CT molecular complexity index is 892. The van der Waals surface area contributed by atoms with Crippen molar-refractivity contribution in [1.82, 2.24) is 9.62 Å². The number of para-hydroxylation sites is 1. The van der Waals surface area contributed by atoms with Crippen LogP contribution in [0, 0.1) is 5.92 Å². The minimum Gasteiger partial charge on any atom is -0.464 e. The van der Waals surface area contributed by atoms with E-state index in [2.05, 4.69) is 27.8 Å². The summed E-state index contributed by atoms with van der Waals surface area (Å²) >= 11 is 0. The lowest BCUT2D eigenvalue weighted by atomic mass is 9.84. The van der Waals surface area contributed by atoms with E-state index in [0.29, 0.717) is 5.92 Å². The summed E-state index contributed by atoms with van der Waals surface area (Å²) < 4.78 is 32.1. The van der Waals surface area contributed by atoms with Crippen LogP contribution in [0.15, 0.2) is 34.9 Å². The van der Waals surface area contributed by atoms with E-state index in [1.54, 1.807) is 6.92 Å². The number of likely N-dealkylation sites (tertiary alicyclic amines) is 1. The SMILES string of the molecule is CCS(=O)(=O)N[C@H]1CC[C@H](CCN2CCC(c3coc4ccccc34)CC2)CC1. The molecule has 4 rings (SSSR count). The van der Waals surface area contributed by atoms with E-state index in [1.165, 1.54) is 36.8 Å². The van der Waals surface area contributed by atoms with Crippen LogP contribution in [0.1, 0.15) is 63.4 Å². The predicted molar refractivity (Wildman–Crippen MR) is 118 cm³/mol. The second-order valence-corrected chi connectivity index (χ2v) is 10.9. The van der Waals surface area contributed by atoms with E-state index >= 15 is 0 Å². The Kier molecular flexibility index (Phi) is 6.62. The van der Waals surface area contributed by atoms with Crippen LogP contribution in [0.5, 0.6) is 0 Å². The Balaban J connectivity index is 1.19. The molecule has 1 aromatic heterocycles. The molecule has 1 aliphatic carbocycles. The molecule has 6 heteroatoms. The third-order valence-corrected chi connectivity index (χ3v) is 8.42. The standard InChI is InChI=1S/C23H34N2O3S/c1-2-29(26,27)24-20-9-7-18(8-10-20)11-14-25-15-12-19(13-16-25)22-17-28-23-6-4-3-5-21(22)23/h3-6,17-20,24H,2,7-16H2,1H3/t18-,20-. The molecule has 2 heterocycles. The van der Waals surface area contributed by atoms with E-state index in [9.17, 15) is 8.42 Å². The van der Waals surface area contributed by atoms with Gasteiger partial charge in [-0.2, -0.15) is 0 Å². The molecule has 2 aliphatic rings. The molecular weight excluding hydrogens is 384 g/mol. The van der Waals surface area contributed by atoms with Gasteiger partial charge in [0, 0.05) is 17.0 Å². The van der Waals surface area contributed by atoms with Crippen LogP contribution in [0.3, 0.4) is 0 Å². The van der Waals surface area contributed by atoms with Gasteiger partial charge in [-0.15, -0.1) is 0 Å². The third kappa shape index (κ3) is 5.22. The van der Waals surface area contributed by atoms with Crippen molar-refractivity contribution in [3.05, 3.63) is 36.1 Å². The minimum atomic E-state index is -3.07. The molecule has 0 atom stereocenters. The molecule has 0 bridgehead atoms. The first-order valence-electron chi connectivity index (χ1n) is 11.2. The van der Waals surface area contributed by atoms with Gasteiger partial charge in [-0.25, -0.2) is 13.1 Å².